The second-order valence-electron chi connectivity index (χ2n) is 4.45. The second-order valence-corrected chi connectivity index (χ2v) is 7.90. The summed E-state index contributed by atoms with van der Waals surface area (Å²) in [5.41, 5.74) is 0. The molecule has 102 valence electrons. The Bertz CT molecular complexity index is 291. The van der Waals surface area contributed by atoms with E-state index in [1.54, 1.807) is 0 Å². The number of hydrogen-bond acceptors (Lipinski definition) is 7. The number of rotatable bonds is 5. The Morgan fingerprint density at radius 3 is 2.24 bits per heavy atom. The van der Waals surface area contributed by atoms with Gasteiger partial charge in [0.05, 0.1) is 13.2 Å². The molecule has 0 bridgehead atoms. The van der Waals surface area contributed by atoms with Crippen molar-refractivity contribution in [2.24, 2.45) is 0 Å². The summed E-state index contributed by atoms with van der Waals surface area (Å²) >= 11 is 0. The van der Waals surface area contributed by atoms with Crippen LogP contribution in [0.2, 0.25) is 0 Å². The van der Waals surface area contributed by atoms with Crippen molar-refractivity contribution >= 4 is 7.14 Å². The third-order valence-electron chi connectivity index (χ3n) is 2.64. The van der Waals surface area contributed by atoms with Gasteiger partial charge in [-0.25, -0.2) is 0 Å². The van der Waals surface area contributed by atoms with E-state index in [0.717, 1.165) is 0 Å². The van der Waals surface area contributed by atoms with Crippen molar-refractivity contribution in [3.63, 3.8) is 0 Å². The summed E-state index contributed by atoms with van der Waals surface area (Å²) in [5, 5.41) is 36.8. The molecule has 1 heterocycles. The lowest BCUT2D eigenvalue weighted by molar-refractivity contribution is -0.139. The molecule has 0 saturated carbocycles. The lowest BCUT2D eigenvalue weighted by atomic mass is 10.1. The van der Waals surface area contributed by atoms with Crippen LogP contribution in [0, 0.1) is 0 Å². The normalized spacial score (nSPS) is 36.1. The molecule has 1 saturated heterocycles. The average molecular weight is 270 g/mol. The number of ether oxygens (including phenoxy) is 2. The van der Waals surface area contributed by atoms with Gasteiger partial charge in [0, 0.05) is 0 Å². The van der Waals surface area contributed by atoms with Gasteiger partial charge in [0.2, 0.25) is 0 Å². The first kappa shape index (κ1) is 15.0. The Morgan fingerprint density at radius 1 is 1.29 bits per heavy atom. The molecular weight excluding hydrogens is 251 g/mol. The Labute approximate surface area is 99.3 Å². The van der Waals surface area contributed by atoms with Crippen LogP contribution in [0.4, 0.5) is 0 Å². The summed E-state index contributed by atoms with van der Waals surface area (Å²) in [6.07, 6.45) is -5.01. The van der Waals surface area contributed by atoms with Crippen molar-refractivity contribution in [3.05, 3.63) is 0 Å². The molecule has 0 aliphatic carbocycles. The average Bonchev–Trinajstić information content (AvgIpc) is 2.45. The van der Waals surface area contributed by atoms with Gasteiger partial charge in [0.1, 0.15) is 31.3 Å². The van der Waals surface area contributed by atoms with Crippen molar-refractivity contribution in [2.75, 3.05) is 26.5 Å². The van der Waals surface area contributed by atoms with Crippen LogP contribution in [0.1, 0.15) is 0 Å². The summed E-state index contributed by atoms with van der Waals surface area (Å²) in [6.45, 7) is 2.39. The minimum atomic E-state index is -2.62. The van der Waals surface area contributed by atoms with E-state index in [0.29, 0.717) is 0 Å². The maximum Gasteiger partial charge on any atom is 0.184 e. The maximum absolute atomic E-state index is 11.7. The highest BCUT2D eigenvalue weighted by molar-refractivity contribution is 7.62. The molecule has 17 heavy (non-hydrogen) atoms. The minimum absolute atomic E-state index is 0.161. The molecule has 1 aliphatic heterocycles. The fourth-order valence-electron chi connectivity index (χ4n) is 1.50. The molecule has 0 aromatic heterocycles. The van der Waals surface area contributed by atoms with E-state index in [1.165, 1.54) is 13.3 Å². The maximum atomic E-state index is 11.7. The molecule has 0 aromatic carbocycles. The number of aliphatic hydroxyl groups excluding tert-OH is 4. The van der Waals surface area contributed by atoms with Gasteiger partial charge in [0.25, 0.3) is 0 Å². The van der Waals surface area contributed by atoms with E-state index in [-0.39, 0.29) is 6.61 Å². The second kappa shape index (κ2) is 5.75. The van der Waals surface area contributed by atoms with Crippen LogP contribution < -0.4 is 0 Å². The van der Waals surface area contributed by atoms with Gasteiger partial charge in [-0.2, -0.15) is 0 Å². The lowest BCUT2D eigenvalue weighted by Gasteiger charge is -2.22. The van der Waals surface area contributed by atoms with Crippen LogP contribution in [0.5, 0.6) is 0 Å². The van der Waals surface area contributed by atoms with Crippen LogP contribution in [0.15, 0.2) is 0 Å². The van der Waals surface area contributed by atoms with Crippen LogP contribution in [0.25, 0.3) is 0 Å². The highest BCUT2D eigenvalue weighted by Crippen LogP contribution is 2.42. The highest BCUT2D eigenvalue weighted by atomic mass is 31.2. The van der Waals surface area contributed by atoms with E-state index in [2.05, 4.69) is 0 Å². The molecule has 1 aliphatic rings. The smallest absolute Gasteiger partial charge is 0.184 e. The third kappa shape index (κ3) is 3.72. The molecule has 8 heteroatoms. The monoisotopic (exact) mass is 270 g/mol. The molecular formula is C9H19O7P. The predicted molar refractivity (Wildman–Crippen MR) is 59.2 cm³/mol. The van der Waals surface area contributed by atoms with Crippen LogP contribution >= 0.6 is 7.14 Å². The van der Waals surface area contributed by atoms with Crippen LogP contribution in [-0.4, -0.2) is 77.4 Å². The minimum Gasteiger partial charge on any atom is -0.393 e. The first-order valence-corrected chi connectivity index (χ1v) is 7.91. The van der Waals surface area contributed by atoms with Gasteiger partial charge in [-0.1, -0.05) is 0 Å². The Balaban J connectivity index is 2.49. The molecule has 1 fully saturated rings. The van der Waals surface area contributed by atoms with Gasteiger partial charge >= 0.3 is 0 Å². The summed E-state index contributed by atoms with van der Waals surface area (Å²) in [4.78, 5) is 0. The van der Waals surface area contributed by atoms with E-state index in [1.807, 2.05) is 0 Å². The molecule has 0 amide bonds. The summed E-state index contributed by atoms with van der Waals surface area (Å²) in [5.74, 6) is -0.840. The fourth-order valence-corrected chi connectivity index (χ4v) is 2.34. The largest absolute Gasteiger partial charge is 0.393 e. The van der Waals surface area contributed by atoms with E-state index >= 15 is 0 Å². The van der Waals surface area contributed by atoms with Crippen molar-refractivity contribution in [3.8, 4) is 0 Å². The van der Waals surface area contributed by atoms with Gasteiger partial charge in [-0.15, -0.1) is 0 Å². The zero-order valence-electron chi connectivity index (χ0n) is 9.76. The summed E-state index contributed by atoms with van der Waals surface area (Å²) < 4.78 is 21.7. The highest BCUT2D eigenvalue weighted by Gasteiger charge is 2.42. The Hall–Kier alpha value is -0.0100. The lowest BCUT2D eigenvalue weighted by Crippen LogP contribution is -2.35. The van der Waals surface area contributed by atoms with Gasteiger partial charge in [-0.3, -0.25) is 0 Å². The first-order valence-electron chi connectivity index (χ1n) is 5.24. The van der Waals surface area contributed by atoms with Crippen LogP contribution in [-0.2, 0) is 14.0 Å². The topological polar surface area (TPSA) is 116 Å². The van der Waals surface area contributed by atoms with E-state index < -0.39 is 44.2 Å². The standard InChI is InChI=1S/C9H19O7P/c1-17(2,14)6(3-10)15-4-5-7(11)8(12)9(13)16-5/h5-13H,3-4H2,1-2H3/t5-,6?,7-,8-,9-/m1/s1. The van der Waals surface area contributed by atoms with Gasteiger partial charge < -0.3 is 34.5 Å². The quantitative estimate of drug-likeness (QED) is 0.444. The predicted octanol–water partition coefficient (Wildman–Crippen LogP) is -1.62. The van der Waals surface area contributed by atoms with Crippen molar-refractivity contribution < 1.29 is 34.5 Å². The number of aliphatic hydroxyl groups is 4. The molecule has 1 unspecified atom stereocenters. The molecule has 1 rings (SSSR count). The molecule has 0 spiro atoms. The Kier molecular flexibility index (Phi) is 5.09. The number of hydrogen-bond donors (Lipinski definition) is 4. The molecule has 7 nitrogen and oxygen atoms in total. The molecule has 5 atom stereocenters. The Morgan fingerprint density at radius 2 is 1.88 bits per heavy atom. The van der Waals surface area contributed by atoms with E-state index in [4.69, 9.17) is 19.7 Å². The van der Waals surface area contributed by atoms with Crippen molar-refractivity contribution in [1.29, 1.82) is 0 Å². The zero-order chi connectivity index (χ0) is 13.2. The molecule has 4 N–H and O–H groups in total. The third-order valence-corrected chi connectivity index (χ3v) is 4.34. The molecule has 0 aromatic rings. The molecule has 0 radical (unpaired) electrons. The van der Waals surface area contributed by atoms with E-state index in [9.17, 15) is 14.8 Å². The first-order chi connectivity index (χ1) is 7.77. The summed E-state index contributed by atoms with van der Waals surface area (Å²) in [7, 11) is -2.62. The van der Waals surface area contributed by atoms with Crippen molar-refractivity contribution in [1.82, 2.24) is 0 Å². The van der Waals surface area contributed by atoms with Crippen LogP contribution in [0.3, 0.4) is 0 Å². The fraction of sp³-hybridized carbons (Fsp3) is 1.00. The SMILES string of the molecule is CP(C)(=O)C(CO)OC[C@H]1O[C@@H](O)[C@H](O)[C@@H]1O. The van der Waals surface area contributed by atoms with Crippen molar-refractivity contribution in [2.45, 2.75) is 30.4 Å². The van der Waals surface area contributed by atoms with Gasteiger partial charge in [-0.05, 0) is 13.3 Å². The summed E-state index contributed by atoms with van der Waals surface area (Å²) in [6, 6.07) is 0. The zero-order valence-corrected chi connectivity index (χ0v) is 10.7. The van der Waals surface area contributed by atoms with Gasteiger partial charge in [0.15, 0.2) is 6.29 Å².